The van der Waals surface area contributed by atoms with Crippen molar-refractivity contribution in [3.8, 4) is 6.01 Å². The van der Waals surface area contributed by atoms with Crippen molar-refractivity contribution in [2.75, 3.05) is 18.6 Å². The summed E-state index contributed by atoms with van der Waals surface area (Å²) in [4.78, 5) is 8.88. The van der Waals surface area contributed by atoms with Gasteiger partial charge in [0, 0.05) is 13.2 Å². The second-order valence-electron chi connectivity index (χ2n) is 5.10. The van der Waals surface area contributed by atoms with Crippen LogP contribution in [0.3, 0.4) is 0 Å². The number of rotatable bonds is 6. The molecule has 1 aromatic heterocycles. The van der Waals surface area contributed by atoms with E-state index in [0.29, 0.717) is 17.3 Å². The number of benzene rings is 1. The fourth-order valence-electron chi connectivity index (χ4n) is 2.03. The first-order valence-electron chi connectivity index (χ1n) is 7.40. The molecule has 2 rings (SSSR count). The van der Waals surface area contributed by atoms with Gasteiger partial charge in [0.2, 0.25) is 0 Å². The van der Waals surface area contributed by atoms with Gasteiger partial charge in [-0.15, -0.1) is 0 Å². The number of halogens is 4. The van der Waals surface area contributed by atoms with Crippen molar-refractivity contribution in [1.82, 2.24) is 9.97 Å². The van der Waals surface area contributed by atoms with Gasteiger partial charge in [-0.2, -0.15) is 18.2 Å². The van der Waals surface area contributed by atoms with Crippen molar-refractivity contribution in [1.29, 1.82) is 0 Å². The molecule has 4 nitrogen and oxygen atoms in total. The van der Waals surface area contributed by atoms with Crippen molar-refractivity contribution in [2.24, 2.45) is 0 Å². The third kappa shape index (κ3) is 4.29. The van der Waals surface area contributed by atoms with E-state index in [1.165, 1.54) is 11.9 Å². The molecule has 1 aromatic carbocycles. The lowest BCUT2D eigenvalue weighted by Gasteiger charge is -2.23. The van der Waals surface area contributed by atoms with E-state index in [2.05, 4.69) is 9.97 Å². The Morgan fingerprint density at radius 3 is 2.58 bits per heavy atom. The molecule has 0 atom stereocenters. The quantitative estimate of drug-likeness (QED) is 0.673. The molecule has 0 N–H and O–H groups in total. The molecule has 0 fully saturated rings. The Morgan fingerprint density at radius 2 is 1.96 bits per heavy atom. The van der Waals surface area contributed by atoms with Crippen LogP contribution in [0.5, 0.6) is 6.01 Å². The van der Waals surface area contributed by atoms with Crippen molar-refractivity contribution in [2.45, 2.75) is 25.9 Å². The largest absolute Gasteiger partial charge is 0.463 e. The molecule has 8 heteroatoms. The van der Waals surface area contributed by atoms with E-state index in [4.69, 9.17) is 16.3 Å². The molecule has 0 aliphatic rings. The summed E-state index contributed by atoms with van der Waals surface area (Å²) in [6.45, 7) is 2.32. The zero-order valence-electron chi connectivity index (χ0n) is 13.3. The lowest BCUT2D eigenvalue weighted by Crippen LogP contribution is -2.19. The van der Waals surface area contributed by atoms with Gasteiger partial charge in [0.1, 0.15) is 5.56 Å². The number of hydrogen-bond donors (Lipinski definition) is 0. The summed E-state index contributed by atoms with van der Waals surface area (Å²) in [7, 11) is 1.47. The standard InChI is InChI=1S/C16H17ClF3N3O/c1-3-4-9-24-15-21-10-11(16(18,19)20)14(22-15)23(2)13-8-6-5-7-12(13)17/h5-8,10H,3-4,9H2,1-2H3. The number of aromatic nitrogens is 2. The first-order chi connectivity index (χ1) is 11.3. The molecule has 0 aliphatic carbocycles. The van der Waals surface area contributed by atoms with Crippen LogP contribution in [0.1, 0.15) is 25.3 Å². The second kappa shape index (κ2) is 7.70. The van der Waals surface area contributed by atoms with Gasteiger partial charge in [-0.25, -0.2) is 4.98 Å². The molecule has 130 valence electrons. The highest BCUT2D eigenvalue weighted by Gasteiger charge is 2.37. The second-order valence-corrected chi connectivity index (χ2v) is 5.51. The molecule has 0 amide bonds. The highest BCUT2D eigenvalue weighted by atomic mass is 35.5. The van der Waals surface area contributed by atoms with E-state index < -0.39 is 11.7 Å². The van der Waals surface area contributed by atoms with Crippen LogP contribution < -0.4 is 9.64 Å². The number of hydrogen-bond acceptors (Lipinski definition) is 4. The van der Waals surface area contributed by atoms with Gasteiger partial charge < -0.3 is 9.64 Å². The van der Waals surface area contributed by atoms with Crippen molar-refractivity contribution in [3.63, 3.8) is 0 Å². The van der Waals surface area contributed by atoms with E-state index in [9.17, 15) is 13.2 Å². The minimum absolute atomic E-state index is 0.0923. The Bertz CT molecular complexity index is 695. The molecule has 0 unspecified atom stereocenters. The normalized spacial score (nSPS) is 11.4. The Balaban J connectivity index is 2.44. The average Bonchev–Trinajstić information content (AvgIpc) is 2.54. The fourth-order valence-corrected chi connectivity index (χ4v) is 2.29. The van der Waals surface area contributed by atoms with E-state index in [1.54, 1.807) is 24.3 Å². The predicted molar refractivity (Wildman–Crippen MR) is 87.0 cm³/mol. The van der Waals surface area contributed by atoms with Gasteiger partial charge >= 0.3 is 12.2 Å². The fraction of sp³-hybridized carbons (Fsp3) is 0.375. The topological polar surface area (TPSA) is 38.2 Å². The molecule has 24 heavy (non-hydrogen) atoms. The van der Waals surface area contributed by atoms with Crippen LogP contribution >= 0.6 is 11.6 Å². The Kier molecular flexibility index (Phi) is 5.88. The van der Waals surface area contributed by atoms with Gasteiger partial charge in [-0.1, -0.05) is 37.1 Å². The van der Waals surface area contributed by atoms with Crippen LogP contribution in [0.4, 0.5) is 24.7 Å². The lowest BCUT2D eigenvalue weighted by atomic mass is 10.2. The maximum absolute atomic E-state index is 13.3. The van der Waals surface area contributed by atoms with Crippen LogP contribution in [0, 0.1) is 0 Å². The maximum Gasteiger partial charge on any atom is 0.421 e. The van der Waals surface area contributed by atoms with Gasteiger partial charge in [0.15, 0.2) is 5.82 Å². The van der Waals surface area contributed by atoms with Gasteiger partial charge in [-0.3, -0.25) is 0 Å². The van der Waals surface area contributed by atoms with Crippen LogP contribution in [0.2, 0.25) is 5.02 Å². The van der Waals surface area contributed by atoms with Crippen LogP contribution in [-0.4, -0.2) is 23.6 Å². The summed E-state index contributed by atoms with van der Waals surface area (Å²) in [5.41, 5.74) is -0.546. The summed E-state index contributed by atoms with van der Waals surface area (Å²) >= 11 is 6.08. The molecule has 0 bridgehead atoms. The number of ether oxygens (including phenoxy) is 1. The number of nitrogens with zero attached hydrogens (tertiary/aromatic N) is 3. The monoisotopic (exact) mass is 359 g/mol. The molecule has 0 saturated carbocycles. The van der Waals surface area contributed by atoms with Gasteiger partial charge in [0.05, 0.1) is 17.3 Å². The Hall–Kier alpha value is -2.02. The zero-order valence-corrected chi connectivity index (χ0v) is 14.0. The van der Waals surface area contributed by atoms with Gasteiger partial charge in [0.25, 0.3) is 0 Å². The van der Waals surface area contributed by atoms with Crippen LogP contribution in [-0.2, 0) is 6.18 Å². The molecule has 0 aliphatic heterocycles. The third-order valence-electron chi connectivity index (χ3n) is 3.31. The molecule has 1 heterocycles. The number of para-hydroxylation sites is 1. The smallest absolute Gasteiger partial charge is 0.421 e. The lowest BCUT2D eigenvalue weighted by molar-refractivity contribution is -0.137. The maximum atomic E-state index is 13.3. The summed E-state index contributed by atoms with van der Waals surface area (Å²) in [6, 6.07) is 6.50. The highest BCUT2D eigenvalue weighted by molar-refractivity contribution is 6.33. The summed E-state index contributed by atoms with van der Waals surface area (Å²) in [5, 5.41) is 0.320. The molecule has 2 aromatic rings. The molecular formula is C16H17ClF3N3O. The van der Waals surface area contributed by atoms with Crippen molar-refractivity contribution >= 4 is 23.1 Å². The number of anilines is 2. The van der Waals surface area contributed by atoms with Crippen LogP contribution in [0.15, 0.2) is 30.5 Å². The van der Waals surface area contributed by atoms with Crippen molar-refractivity contribution < 1.29 is 17.9 Å². The first kappa shape index (κ1) is 18.3. The van der Waals surface area contributed by atoms with Crippen molar-refractivity contribution in [3.05, 3.63) is 41.0 Å². The minimum atomic E-state index is -4.59. The predicted octanol–water partition coefficient (Wildman–Crippen LogP) is 5.10. The molecule has 0 spiro atoms. The third-order valence-corrected chi connectivity index (χ3v) is 3.63. The van der Waals surface area contributed by atoms with E-state index in [0.717, 1.165) is 19.0 Å². The van der Waals surface area contributed by atoms with Crippen LogP contribution in [0.25, 0.3) is 0 Å². The molecule has 0 saturated heterocycles. The van der Waals surface area contributed by atoms with E-state index in [-0.39, 0.29) is 11.8 Å². The van der Waals surface area contributed by atoms with E-state index in [1.807, 2.05) is 6.92 Å². The van der Waals surface area contributed by atoms with Gasteiger partial charge in [-0.05, 0) is 18.6 Å². The number of alkyl halides is 3. The number of unbranched alkanes of at least 4 members (excludes halogenated alkanes) is 1. The minimum Gasteiger partial charge on any atom is -0.463 e. The summed E-state index contributed by atoms with van der Waals surface area (Å²) < 4.78 is 45.2. The summed E-state index contributed by atoms with van der Waals surface area (Å²) in [5.74, 6) is -0.308. The highest BCUT2D eigenvalue weighted by Crippen LogP contribution is 2.39. The Labute approximate surface area is 143 Å². The summed E-state index contributed by atoms with van der Waals surface area (Å²) in [6.07, 6.45) is -2.20. The molecular weight excluding hydrogens is 343 g/mol. The zero-order chi connectivity index (χ0) is 17.7. The van der Waals surface area contributed by atoms with E-state index >= 15 is 0 Å². The molecule has 0 radical (unpaired) electrons. The first-order valence-corrected chi connectivity index (χ1v) is 7.77. The Morgan fingerprint density at radius 1 is 1.25 bits per heavy atom. The average molecular weight is 360 g/mol. The SMILES string of the molecule is CCCCOc1ncc(C(F)(F)F)c(N(C)c2ccccc2Cl)n1.